The Morgan fingerprint density at radius 2 is 1.82 bits per heavy atom. The number of aromatic amines is 1. The molecule has 1 aliphatic heterocycles. The average Bonchev–Trinajstić information content (AvgIpc) is 3.14. The molecular weight excluding hydrogens is 356 g/mol. The predicted molar refractivity (Wildman–Crippen MR) is 107 cm³/mol. The lowest BCUT2D eigenvalue weighted by Gasteiger charge is -2.14. The second-order valence-corrected chi connectivity index (χ2v) is 7.46. The number of hydrogen-bond donors (Lipinski definition) is 2. The van der Waals surface area contributed by atoms with Crippen molar-refractivity contribution in [3.63, 3.8) is 0 Å². The molecule has 1 aliphatic rings. The minimum atomic E-state index is -0.327. The number of likely N-dealkylation sites (N-methyl/N-ethyl adjacent to an activating group) is 1. The normalized spacial score (nSPS) is 13.8. The zero-order chi connectivity index (χ0) is 20.2. The van der Waals surface area contributed by atoms with Gasteiger partial charge in [-0.15, -0.1) is 0 Å². The van der Waals surface area contributed by atoms with Gasteiger partial charge in [0.15, 0.2) is 0 Å². The number of nitrogens with one attached hydrogen (secondary N) is 2. The molecule has 0 saturated heterocycles. The maximum Gasteiger partial charge on any atom is 0.261 e. The van der Waals surface area contributed by atoms with Gasteiger partial charge in [0.1, 0.15) is 0 Å². The molecule has 0 radical (unpaired) electrons. The monoisotopic (exact) mass is 378 g/mol. The maximum atomic E-state index is 12.9. The minimum Gasteiger partial charge on any atom is -0.354 e. The number of fused-ring (bicyclic) bond motifs is 4. The van der Waals surface area contributed by atoms with E-state index >= 15 is 0 Å². The molecule has 0 unspecified atom stereocenters. The number of para-hydroxylation sites is 1. The Kier molecular flexibility index (Phi) is 4.19. The van der Waals surface area contributed by atoms with E-state index in [1.165, 1.54) is 7.05 Å². The van der Waals surface area contributed by atoms with Gasteiger partial charge in [-0.3, -0.25) is 19.3 Å². The van der Waals surface area contributed by atoms with Crippen molar-refractivity contribution >= 4 is 39.5 Å². The van der Waals surface area contributed by atoms with Crippen LogP contribution in [-0.4, -0.2) is 60.2 Å². The first-order chi connectivity index (χ1) is 13.3. The second kappa shape index (κ2) is 6.45. The average molecular weight is 378 g/mol. The van der Waals surface area contributed by atoms with Crippen LogP contribution >= 0.6 is 0 Å². The lowest BCUT2D eigenvalue weighted by molar-refractivity contribution is -0.121. The molecular formula is C21H22N4O3. The molecule has 7 heteroatoms. The molecule has 28 heavy (non-hydrogen) atoms. The van der Waals surface area contributed by atoms with Gasteiger partial charge in [0.2, 0.25) is 5.91 Å². The molecule has 0 atom stereocenters. The van der Waals surface area contributed by atoms with Crippen molar-refractivity contribution < 1.29 is 14.4 Å². The number of amides is 3. The van der Waals surface area contributed by atoms with Crippen molar-refractivity contribution in [1.29, 1.82) is 0 Å². The summed E-state index contributed by atoms with van der Waals surface area (Å²) in [7, 11) is 5.13. The first-order valence-electron chi connectivity index (χ1n) is 9.11. The van der Waals surface area contributed by atoms with E-state index in [-0.39, 0.29) is 30.8 Å². The highest BCUT2D eigenvalue weighted by molar-refractivity contribution is 6.27. The third-order valence-corrected chi connectivity index (χ3v) is 5.27. The number of carbonyl (C=O) groups is 3. The highest BCUT2D eigenvalue weighted by atomic mass is 16.2. The van der Waals surface area contributed by atoms with Crippen LogP contribution in [0.25, 0.3) is 21.8 Å². The van der Waals surface area contributed by atoms with Crippen LogP contribution in [0.3, 0.4) is 0 Å². The Morgan fingerprint density at radius 1 is 1.14 bits per heavy atom. The van der Waals surface area contributed by atoms with E-state index in [4.69, 9.17) is 0 Å². The van der Waals surface area contributed by atoms with Gasteiger partial charge in [-0.05, 0) is 38.2 Å². The largest absolute Gasteiger partial charge is 0.354 e. The summed E-state index contributed by atoms with van der Waals surface area (Å²) in [6.07, 6.45) is 0. The Bertz CT molecular complexity index is 1160. The molecule has 4 rings (SSSR count). The first kappa shape index (κ1) is 18.2. The number of nitrogens with zero attached hydrogens (tertiary/aromatic N) is 2. The fraction of sp³-hybridized carbons (Fsp3) is 0.286. The van der Waals surface area contributed by atoms with Crippen molar-refractivity contribution in [2.75, 3.05) is 27.7 Å². The summed E-state index contributed by atoms with van der Waals surface area (Å²) in [5.41, 5.74) is 4.01. The van der Waals surface area contributed by atoms with Crippen LogP contribution in [0, 0.1) is 6.92 Å². The topological polar surface area (TPSA) is 85.5 Å². The van der Waals surface area contributed by atoms with E-state index in [9.17, 15) is 14.4 Å². The van der Waals surface area contributed by atoms with Gasteiger partial charge < -0.3 is 15.2 Å². The summed E-state index contributed by atoms with van der Waals surface area (Å²) in [6.45, 7) is 2.29. The summed E-state index contributed by atoms with van der Waals surface area (Å²) >= 11 is 0. The minimum absolute atomic E-state index is 0.141. The maximum absolute atomic E-state index is 12.9. The molecule has 0 fully saturated rings. The molecule has 0 aliphatic carbocycles. The van der Waals surface area contributed by atoms with Crippen LogP contribution < -0.4 is 5.32 Å². The fourth-order valence-electron chi connectivity index (χ4n) is 3.96. The lowest BCUT2D eigenvalue weighted by atomic mass is 9.92. The van der Waals surface area contributed by atoms with Gasteiger partial charge >= 0.3 is 0 Å². The Labute approximate surface area is 162 Å². The number of aryl methyl sites for hydroxylation is 1. The van der Waals surface area contributed by atoms with E-state index in [1.54, 1.807) is 4.90 Å². The van der Waals surface area contributed by atoms with E-state index in [0.29, 0.717) is 16.7 Å². The highest BCUT2D eigenvalue weighted by Crippen LogP contribution is 2.38. The summed E-state index contributed by atoms with van der Waals surface area (Å²) < 4.78 is 0. The van der Waals surface area contributed by atoms with Gasteiger partial charge in [0.05, 0.1) is 23.2 Å². The van der Waals surface area contributed by atoms with E-state index in [0.717, 1.165) is 32.3 Å². The number of imide groups is 1. The molecule has 3 aromatic rings. The van der Waals surface area contributed by atoms with Crippen molar-refractivity contribution in [2.24, 2.45) is 0 Å². The van der Waals surface area contributed by atoms with Crippen molar-refractivity contribution in [3.05, 3.63) is 46.5 Å². The first-order valence-corrected chi connectivity index (χ1v) is 9.11. The predicted octanol–water partition coefficient (Wildman–Crippen LogP) is 2.03. The van der Waals surface area contributed by atoms with E-state index in [1.807, 2.05) is 45.3 Å². The van der Waals surface area contributed by atoms with Crippen LogP contribution in [0.15, 0.2) is 24.3 Å². The summed E-state index contributed by atoms with van der Waals surface area (Å²) in [6, 6.07) is 7.81. The summed E-state index contributed by atoms with van der Waals surface area (Å²) in [4.78, 5) is 44.1. The molecule has 0 bridgehead atoms. The Morgan fingerprint density at radius 3 is 2.54 bits per heavy atom. The molecule has 0 spiro atoms. The fourth-order valence-corrected chi connectivity index (χ4v) is 3.96. The van der Waals surface area contributed by atoms with E-state index < -0.39 is 0 Å². The van der Waals surface area contributed by atoms with Crippen LogP contribution in [-0.2, 0) is 11.3 Å². The Hall–Kier alpha value is -3.19. The van der Waals surface area contributed by atoms with Gasteiger partial charge in [-0.1, -0.05) is 18.2 Å². The zero-order valence-corrected chi connectivity index (χ0v) is 16.3. The number of rotatable bonds is 4. The van der Waals surface area contributed by atoms with Gasteiger partial charge in [0.25, 0.3) is 11.8 Å². The molecule has 0 saturated carbocycles. The summed E-state index contributed by atoms with van der Waals surface area (Å²) in [5.74, 6) is -0.775. The Balaban J connectivity index is 1.98. The van der Waals surface area contributed by atoms with Crippen molar-refractivity contribution in [2.45, 2.75) is 13.5 Å². The lowest BCUT2D eigenvalue weighted by Crippen LogP contribution is -2.33. The molecule has 3 amide bonds. The highest BCUT2D eigenvalue weighted by Gasteiger charge is 2.38. The second-order valence-electron chi connectivity index (χ2n) is 7.46. The quantitative estimate of drug-likeness (QED) is 0.681. The van der Waals surface area contributed by atoms with Crippen LogP contribution in [0.1, 0.15) is 31.8 Å². The number of benzene rings is 2. The molecule has 144 valence electrons. The number of hydrogen-bond acceptors (Lipinski definition) is 4. The number of aromatic nitrogens is 1. The molecule has 2 aromatic carbocycles. The third-order valence-electron chi connectivity index (χ3n) is 5.27. The van der Waals surface area contributed by atoms with Crippen LogP contribution in [0.2, 0.25) is 0 Å². The molecule has 7 nitrogen and oxygen atoms in total. The molecule has 2 N–H and O–H groups in total. The van der Waals surface area contributed by atoms with Gasteiger partial charge in [-0.25, -0.2) is 0 Å². The van der Waals surface area contributed by atoms with Gasteiger partial charge in [-0.2, -0.15) is 0 Å². The van der Waals surface area contributed by atoms with E-state index in [2.05, 4.69) is 10.3 Å². The smallest absolute Gasteiger partial charge is 0.261 e. The zero-order valence-electron chi connectivity index (χ0n) is 16.3. The summed E-state index contributed by atoms with van der Waals surface area (Å²) in [5, 5.41) is 4.75. The molecule has 2 heterocycles. The van der Waals surface area contributed by atoms with Crippen LogP contribution in [0.4, 0.5) is 0 Å². The SMILES string of the molecule is Cc1c2c(c(CNC(=O)CN(C)C)c3c1[nH]c1ccccc13)C(=O)N(C)C2=O. The molecule has 1 aromatic heterocycles. The third kappa shape index (κ3) is 2.58. The van der Waals surface area contributed by atoms with Crippen LogP contribution in [0.5, 0.6) is 0 Å². The van der Waals surface area contributed by atoms with Crippen molar-refractivity contribution in [3.8, 4) is 0 Å². The number of H-pyrrole nitrogens is 1. The van der Waals surface area contributed by atoms with Crippen molar-refractivity contribution in [1.82, 2.24) is 20.1 Å². The van der Waals surface area contributed by atoms with Gasteiger partial charge in [0, 0.05) is 29.9 Å². The standard InChI is InChI=1S/C21H22N4O3/c1-11-16-18(21(28)25(4)20(16)27)13(9-22-15(26)10-24(2)3)17-12-7-5-6-8-14(12)23-19(11)17/h5-8,23H,9-10H2,1-4H3,(H,22,26). The number of carbonyl (C=O) groups excluding carboxylic acids is 3.